The summed E-state index contributed by atoms with van der Waals surface area (Å²) in [5, 5.41) is 0.372. The molecule has 0 bridgehead atoms. The van der Waals surface area contributed by atoms with Gasteiger partial charge in [0, 0.05) is 11.2 Å². The molecule has 0 N–H and O–H groups in total. The van der Waals surface area contributed by atoms with E-state index in [4.69, 9.17) is 0 Å². The maximum Gasteiger partial charge on any atom is 0.189 e. The zero-order valence-electron chi connectivity index (χ0n) is 17.1. The molecule has 0 aliphatic rings. The van der Waals surface area contributed by atoms with Gasteiger partial charge in [0.15, 0.2) is 5.12 Å². The van der Waals surface area contributed by atoms with Crippen molar-refractivity contribution in [2.45, 2.75) is 135 Å². The molecule has 0 aromatic carbocycles. The van der Waals surface area contributed by atoms with Gasteiger partial charge in [0.25, 0.3) is 0 Å². The summed E-state index contributed by atoms with van der Waals surface area (Å²) in [5.74, 6) is 0. The number of carbonyl (C=O) groups is 1. The summed E-state index contributed by atoms with van der Waals surface area (Å²) in [7, 11) is 0. The normalized spacial score (nSPS) is 11.8. The van der Waals surface area contributed by atoms with Crippen LogP contribution < -0.4 is 0 Å². The van der Waals surface area contributed by atoms with Gasteiger partial charge in [0.2, 0.25) is 0 Å². The Labute approximate surface area is 157 Å². The highest BCUT2D eigenvalue weighted by Gasteiger charge is 2.15. The van der Waals surface area contributed by atoms with Crippen molar-refractivity contribution in [3.8, 4) is 0 Å². The first-order chi connectivity index (χ1) is 11.5. The molecule has 0 rings (SSSR count). The topological polar surface area (TPSA) is 17.1 Å². The smallest absolute Gasteiger partial charge is 0.189 e. The molecule has 0 aliphatic carbocycles. The van der Waals surface area contributed by atoms with Crippen LogP contribution in [0.5, 0.6) is 0 Å². The van der Waals surface area contributed by atoms with Crippen LogP contribution in [-0.4, -0.2) is 9.86 Å². The SMILES string of the molecule is CCCCCCCCCCCCCCCCCC(=O)SC(C)(C)C. The van der Waals surface area contributed by atoms with Crippen LogP contribution in [0.2, 0.25) is 0 Å². The molecule has 24 heavy (non-hydrogen) atoms. The fourth-order valence-corrected chi connectivity index (χ4v) is 3.96. The molecule has 0 saturated carbocycles. The van der Waals surface area contributed by atoms with Gasteiger partial charge in [-0.15, -0.1) is 0 Å². The van der Waals surface area contributed by atoms with Crippen LogP contribution in [0.4, 0.5) is 0 Å². The average Bonchev–Trinajstić information content (AvgIpc) is 2.49. The number of carbonyl (C=O) groups excluding carboxylic acids is 1. The highest BCUT2D eigenvalue weighted by Crippen LogP contribution is 2.26. The summed E-state index contributed by atoms with van der Waals surface area (Å²) in [6, 6.07) is 0. The monoisotopic (exact) mass is 356 g/mol. The van der Waals surface area contributed by atoms with Crippen molar-refractivity contribution >= 4 is 16.9 Å². The van der Waals surface area contributed by atoms with Crippen molar-refractivity contribution < 1.29 is 4.79 Å². The molecule has 0 aromatic rings. The van der Waals surface area contributed by atoms with Gasteiger partial charge in [-0.3, -0.25) is 4.79 Å². The second-order valence-corrected chi connectivity index (χ2v) is 10.2. The quantitative estimate of drug-likeness (QED) is 0.259. The van der Waals surface area contributed by atoms with Gasteiger partial charge in [-0.2, -0.15) is 0 Å². The lowest BCUT2D eigenvalue weighted by atomic mass is 10.0. The van der Waals surface area contributed by atoms with Gasteiger partial charge in [0.1, 0.15) is 0 Å². The van der Waals surface area contributed by atoms with Crippen LogP contribution in [0.3, 0.4) is 0 Å². The van der Waals surface area contributed by atoms with Gasteiger partial charge >= 0.3 is 0 Å². The molecule has 0 unspecified atom stereocenters. The first kappa shape index (κ1) is 24.0. The van der Waals surface area contributed by atoms with E-state index in [2.05, 4.69) is 27.7 Å². The molecule has 0 saturated heterocycles. The second kappa shape index (κ2) is 16.5. The van der Waals surface area contributed by atoms with E-state index in [1.54, 1.807) is 0 Å². The highest BCUT2D eigenvalue weighted by atomic mass is 32.2. The van der Waals surface area contributed by atoms with Crippen LogP contribution in [0.1, 0.15) is 130 Å². The van der Waals surface area contributed by atoms with E-state index in [9.17, 15) is 4.79 Å². The largest absolute Gasteiger partial charge is 0.287 e. The first-order valence-electron chi connectivity index (χ1n) is 10.7. The lowest BCUT2D eigenvalue weighted by Gasteiger charge is -2.15. The zero-order chi connectivity index (χ0) is 18.1. The van der Waals surface area contributed by atoms with Crippen LogP contribution in [0, 0.1) is 0 Å². The van der Waals surface area contributed by atoms with Gasteiger partial charge in [0.05, 0.1) is 0 Å². The summed E-state index contributed by atoms with van der Waals surface area (Å²) in [6.07, 6.45) is 21.4. The van der Waals surface area contributed by atoms with Crippen molar-refractivity contribution in [3.63, 3.8) is 0 Å². The lowest BCUT2D eigenvalue weighted by molar-refractivity contribution is -0.111. The van der Waals surface area contributed by atoms with Crippen LogP contribution >= 0.6 is 11.8 Å². The van der Waals surface area contributed by atoms with E-state index in [1.807, 2.05) is 0 Å². The van der Waals surface area contributed by atoms with Crippen molar-refractivity contribution in [1.29, 1.82) is 0 Å². The Morgan fingerprint density at radius 3 is 1.29 bits per heavy atom. The van der Waals surface area contributed by atoms with Gasteiger partial charge < -0.3 is 0 Å². The minimum Gasteiger partial charge on any atom is -0.287 e. The van der Waals surface area contributed by atoms with E-state index in [1.165, 1.54) is 102 Å². The number of thioether (sulfide) groups is 1. The third-order valence-corrected chi connectivity index (χ3v) is 5.45. The molecule has 144 valence electrons. The third kappa shape index (κ3) is 20.1. The fourth-order valence-electron chi connectivity index (χ4n) is 3.03. The van der Waals surface area contributed by atoms with Crippen molar-refractivity contribution in [1.82, 2.24) is 0 Å². The average molecular weight is 357 g/mol. The minimum atomic E-state index is 0.0760. The highest BCUT2D eigenvalue weighted by molar-refractivity contribution is 8.14. The van der Waals surface area contributed by atoms with Crippen LogP contribution in [0.25, 0.3) is 0 Å². The van der Waals surface area contributed by atoms with Crippen molar-refractivity contribution in [2.75, 3.05) is 0 Å². The van der Waals surface area contributed by atoms with Crippen LogP contribution in [0.15, 0.2) is 0 Å². The van der Waals surface area contributed by atoms with E-state index < -0.39 is 0 Å². The summed E-state index contributed by atoms with van der Waals surface area (Å²) in [6.45, 7) is 8.62. The lowest BCUT2D eigenvalue weighted by Crippen LogP contribution is -2.11. The predicted molar refractivity (Wildman–Crippen MR) is 112 cm³/mol. The van der Waals surface area contributed by atoms with E-state index in [0.717, 1.165) is 12.8 Å². The molecule has 0 spiro atoms. The zero-order valence-corrected chi connectivity index (χ0v) is 17.9. The van der Waals surface area contributed by atoms with Crippen molar-refractivity contribution in [2.24, 2.45) is 0 Å². The molecule has 0 heterocycles. The maximum absolute atomic E-state index is 11.8. The maximum atomic E-state index is 11.8. The Hall–Kier alpha value is 0.0200. The van der Waals surface area contributed by atoms with Crippen LogP contribution in [-0.2, 0) is 4.79 Å². The number of rotatable bonds is 16. The number of unbranched alkanes of at least 4 members (excludes halogenated alkanes) is 14. The number of hydrogen-bond acceptors (Lipinski definition) is 2. The molecule has 0 aromatic heterocycles. The van der Waals surface area contributed by atoms with E-state index in [-0.39, 0.29) is 4.75 Å². The third-order valence-electron chi connectivity index (χ3n) is 4.40. The molecule has 0 fully saturated rings. The van der Waals surface area contributed by atoms with Gasteiger partial charge in [-0.25, -0.2) is 0 Å². The van der Waals surface area contributed by atoms with Gasteiger partial charge in [-0.1, -0.05) is 129 Å². The molecule has 2 heteroatoms. The Bertz CT molecular complexity index is 280. The molecule has 0 aliphatic heterocycles. The molecule has 0 radical (unpaired) electrons. The summed E-state index contributed by atoms with van der Waals surface area (Å²) >= 11 is 1.50. The standard InChI is InChI=1S/C22H44OS/c1-5-6-7-8-9-10-11-12-13-14-15-16-17-18-19-20-21(23)24-22(2,3)4/h5-20H2,1-4H3. The molecule has 0 atom stereocenters. The molecular weight excluding hydrogens is 312 g/mol. The Morgan fingerprint density at radius 1 is 0.625 bits per heavy atom. The first-order valence-corrected chi connectivity index (χ1v) is 11.5. The van der Waals surface area contributed by atoms with Gasteiger partial charge in [-0.05, 0) is 6.42 Å². The summed E-state index contributed by atoms with van der Waals surface area (Å²) in [5.41, 5.74) is 0. The summed E-state index contributed by atoms with van der Waals surface area (Å²) < 4.78 is 0.0760. The van der Waals surface area contributed by atoms with E-state index in [0.29, 0.717) is 5.12 Å². The molecule has 0 amide bonds. The fraction of sp³-hybridized carbons (Fsp3) is 0.955. The Morgan fingerprint density at radius 2 is 0.958 bits per heavy atom. The Kier molecular flexibility index (Phi) is 16.5. The van der Waals surface area contributed by atoms with Crippen molar-refractivity contribution in [3.05, 3.63) is 0 Å². The Balaban J connectivity index is 3.14. The molecule has 1 nitrogen and oxygen atoms in total. The second-order valence-electron chi connectivity index (χ2n) is 8.29. The van der Waals surface area contributed by atoms with E-state index >= 15 is 0 Å². The molecular formula is C22H44OS. The minimum absolute atomic E-state index is 0.0760. The predicted octanol–water partition coefficient (Wildman–Crippen LogP) is 8.31. The summed E-state index contributed by atoms with van der Waals surface area (Å²) in [4.78, 5) is 11.8. The number of hydrogen-bond donors (Lipinski definition) is 0.